The van der Waals surface area contributed by atoms with Crippen LogP contribution in [0.25, 0.3) is 16.3 Å². The number of carbonyl (C=O) groups is 2. The first-order valence-corrected chi connectivity index (χ1v) is 12.0. The van der Waals surface area contributed by atoms with Crippen molar-refractivity contribution in [3.05, 3.63) is 58.5 Å². The number of nitrogens with one attached hydrogen (secondary N) is 1. The number of fused-ring (bicyclic) bond motifs is 1. The summed E-state index contributed by atoms with van der Waals surface area (Å²) in [5.41, 5.74) is 2.94. The summed E-state index contributed by atoms with van der Waals surface area (Å²) in [7, 11) is 1.61. The second-order valence-corrected chi connectivity index (χ2v) is 9.95. The van der Waals surface area contributed by atoms with Crippen LogP contribution in [-0.4, -0.2) is 39.7 Å². The van der Waals surface area contributed by atoms with E-state index in [0.717, 1.165) is 21.5 Å². The fourth-order valence-electron chi connectivity index (χ4n) is 3.17. The maximum atomic E-state index is 12.7. The van der Waals surface area contributed by atoms with Crippen molar-refractivity contribution in [2.24, 2.45) is 0 Å². The van der Waals surface area contributed by atoms with E-state index < -0.39 is 0 Å². The van der Waals surface area contributed by atoms with E-state index in [1.807, 2.05) is 55.5 Å². The van der Waals surface area contributed by atoms with Gasteiger partial charge in [0, 0.05) is 13.0 Å². The van der Waals surface area contributed by atoms with Crippen molar-refractivity contribution in [2.75, 3.05) is 19.0 Å². The maximum absolute atomic E-state index is 12.7. The highest BCUT2D eigenvalue weighted by molar-refractivity contribution is 8.26. The van der Waals surface area contributed by atoms with Crippen molar-refractivity contribution in [2.45, 2.75) is 19.8 Å². The molecule has 2 aromatic carbocycles. The van der Waals surface area contributed by atoms with Gasteiger partial charge in [-0.1, -0.05) is 65.1 Å². The highest BCUT2D eigenvalue weighted by atomic mass is 32.2. The SMILES string of the molecule is COc1ccc2nc(NC(=O)CCCN3C(=O)/C(=C/c4ccc(C)cc4)SC3=S)sc2c1. The average molecular weight is 484 g/mol. The molecule has 6 nitrogen and oxygen atoms in total. The van der Waals surface area contributed by atoms with E-state index in [-0.39, 0.29) is 18.2 Å². The summed E-state index contributed by atoms with van der Waals surface area (Å²) in [6.45, 7) is 2.42. The molecule has 9 heteroatoms. The molecule has 2 amide bonds. The van der Waals surface area contributed by atoms with Crippen molar-refractivity contribution in [1.82, 2.24) is 9.88 Å². The van der Waals surface area contributed by atoms with Gasteiger partial charge in [-0.2, -0.15) is 0 Å². The molecular formula is C23H21N3O3S3. The van der Waals surface area contributed by atoms with Crippen LogP contribution in [0.3, 0.4) is 0 Å². The standard InChI is InChI=1S/C23H21N3O3S3/c1-14-5-7-15(8-6-14)12-19-21(28)26(23(30)32-19)11-3-4-20(27)25-22-24-17-10-9-16(29-2)13-18(17)31-22/h5-10,12-13H,3-4,11H2,1-2H3,(H,24,25,27)/b19-12-. The van der Waals surface area contributed by atoms with Gasteiger partial charge in [0.2, 0.25) is 5.91 Å². The van der Waals surface area contributed by atoms with E-state index in [0.29, 0.717) is 27.3 Å². The van der Waals surface area contributed by atoms with Gasteiger partial charge in [0.1, 0.15) is 10.1 Å². The topological polar surface area (TPSA) is 71.5 Å². The number of amides is 2. The van der Waals surface area contributed by atoms with Crippen LogP contribution in [0.4, 0.5) is 5.13 Å². The quantitative estimate of drug-likeness (QED) is 0.366. The maximum Gasteiger partial charge on any atom is 0.266 e. The van der Waals surface area contributed by atoms with E-state index in [1.165, 1.54) is 28.7 Å². The molecule has 1 saturated heterocycles. The van der Waals surface area contributed by atoms with Crippen LogP contribution < -0.4 is 10.1 Å². The molecule has 0 saturated carbocycles. The first kappa shape index (κ1) is 22.4. The lowest BCUT2D eigenvalue weighted by Gasteiger charge is -2.13. The zero-order valence-electron chi connectivity index (χ0n) is 17.6. The Labute approximate surface area is 199 Å². The number of aryl methyl sites for hydroxylation is 1. The van der Waals surface area contributed by atoms with Crippen LogP contribution in [0, 0.1) is 6.92 Å². The number of benzene rings is 2. The molecule has 1 aromatic heterocycles. The van der Waals surface area contributed by atoms with Gasteiger partial charge >= 0.3 is 0 Å². The summed E-state index contributed by atoms with van der Waals surface area (Å²) in [6.07, 6.45) is 2.63. The van der Waals surface area contributed by atoms with E-state index in [4.69, 9.17) is 17.0 Å². The molecule has 0 radical (unpaired) electrons. The van der Waals surface area contributed by atoms with E-state index >= 15 is 0 Å². The molecule has 4 rings (SSSR count). The molecule has 0 bridgehead atoms. The Bertz CT molecular complexity index is 1220. The molecule has 32 heavy (non-hydrogen) atoms. The Kier molecular flexibility index (Phi) is 6.88. The van der Waals surface area contributed by atoms with Gasteiger partial charge in [0.05, 0.1) is 22.2 Å². The Morgan fingerprint density at radius 1 is 1.25 bits per heavy atom. The van der Waals surface area contributed by atoms with Gasteiger partial charge < -0.3 is 10.1 Å². The van der Waals surface area contributed by atoms with Crippen molar-refractivity contribution in [3.8, 4) is 5.75 Å². The van der Waals surface area contributed by atoms with Crippen molar-refractivity contribution < 1.29 is 14.3 Å². The molecule has 164 valence electrons. The monoisotopic (exact) mass is 483 g/mol. The van der Waals surface area contributed by atoms with Gasteiger partial charge in [-0.3, -0.25) is 14.5 Å². The van der Waals surface area contributed by atoms with Crippen LogP contribution in [0.2, 0.25) is 0 Å². The largest absolute Gasteiger partial charge is 0.497 e. The minimum Gasteiger partial charge on any atom is -0.497 e. The summed E-state index contributed by atoms with van der Waals surface area (Å²) in [4.78, 5) is 31.7. The van der Waals surface area contributed by atoms with Crippen molar-refractivity contribution in [3.63, 3.8) is 0 Å². The number of thiazole rings is 1. The third kappa shape index (κ3) is 5.17. The zero-order chi connectivity index (χ0) is 22.7. The molecule has 0 aliphatic carbocycles. The van der Waals surface area contributed by atoms with Gasteiger partial charge in [-0.05, 0) is 43.2 Å². The number of carbonyl (C=O) groups excluding carboxylic acids is 2. The van der Waals surface area contributed by atoms with Crippen LogP contribution in [0.15, 0.2) is 47.4 Å². The van der Waals surface area contributed by atoms with Crippen LogP contribution >= 0.6 is 35.3 Å². The summed E-state index contributed by atoms with van der Waals surface area (Å²) in [5.74, 6) is 0.497. The Balaban J connectivity index is 1.31. The molecule has 1 fully saturated rings. The summed E-state index contributed by atoms with van der Waals surface area (Å²) in [6, 6.07) is 13.6. The minimum absolute atomic E-state index is 0.110. The molecule has 1 N–H and O–H groups in total. The summed E-state index contributed by atoms with van der Waals surface area (Å²) < 4.78 is 6.68. The number of rotatable bonds is 7. The van der Waals surface area contributed by atoms with Crippen LogP contribution in [0.1, 0.15) is 24.0 Å². The lowest BCUT2D eigenvalue weighted by atomic mass is 10.1. The fourth-order valence-corrected chi connectivity index (χ4v) is 5.39. The van der Waals surface area contributed by atoms with Crippen molar-refractivity contribution >= 4 is 72.9 Å². The second kappa shape index (κ2) is 9.81. The fraction of sp³-hybridized carbons (Fsp3) is 0.217. The molecule has 0 unspecified atom stereocenters. The normalized spacial score (nSPS) is 15.1. The minimum atomic E-state index is -0.142. The molecular weight excluding hydrogens is 462 g/mol. The van der Waals surface area contributed by atoms with E-state index in [9.17, 15) is 9.59 Å². The lowest BCUT2D eigenvalue weighted by molar-refractivity contribution is -0.122. The number of thioether (sulfide) groups is 1. The van der Waals surface area contributed by atoms with Gasteiger partial charge in [0.25, 0.3) is 5.91 Å². The Morgan fingerprint density at radius 3 is 2.78 bits per heavy atom. The number of nitrogens with zero attached hydrogens (tertiary/aromatic N) is 2. The van der Waals surface area contributed by atoms with Gasteiger partial charge in [0.15, 0.2) is 5.13 Å². The third-order valence-corrected chi connectivity index (χ3v) is 7.19. The smallest absolute Gasteiger partial charge is 0.266 e. The number of ether oxygens (including phenoxy) is 1. The first-order chi connectivity index (χ1) is 15.4. The number of aromatic nitrogens is 1. The predicted octanol–water partition coefficient (Wildman–Crippen LogP) is 5.23. The molecule has 0 atom stereocenters. The molecule has 1 aliphatic heterocycles. The Hall–Kier alpha value is -2.75. The zero-order valence-corrected chi connectivity index (χ0v) is 20.0. The van der Waals surface area contributed by atoms with E-state index in [2.05, 4.69) is 10.3 Å². The Morgan fingerprint density at radius 2 is 2.03 bits per heavy atom. The third-order valence-electron chi connectivity index (χ3n) is 4.88. The number of hydrogen-bond donors (Lipinski definition) is 1. The molecule has 2 heterocycles. The number of anilines is 1. The highest BCUT2D eigenvalue weighted by Crippen LogP contribution is 2.33. The lowest BCUT2D eigenvalue weighted by Crippen LogP contribution is -2.29. The number of thiocarbonyl (C=S) groups is 1. The highest BCUT2D eigenvalue weighted by Gasteiger charge is 2.31. The summed E-state index contributed by atoms with van der Waals surface area (Å²) in [5, 5.41) is 3.38. The number of methoxy groups -OCH3 is 1. The number of hydrogen-bond acceptors (Lipinski definition) is 7. The molecule has 0 spiro atoms. The van der Waals surface area contributed by atoms with Gasteiger partial charge in [-0.15, -0.1) is 0 Å². The molecule has 3 aromatic rings. The average Bonchev–Trinajstić information content (AvgIpc) is 3.29. The molecule has 1 aliphatic rings. The van der Waals surface area contributed by atoms with Crippen LogP contribution in [0.5, 0.6) is 5.75 Å². The summed E-state index contributed by atoms with van der Waals surface area (Å²) >= 11 is 8.08. The first-order valence-electron chi connectivity index (χ1n) is 9.99. The second-order valence-electron chi connectivity index (χ2n) is 7.25. The van der Waals surface area contributed by atoms with Crippen LogP contribution in [-0.2, 0) is 9.59 Å². The van der Waals surface area contributed by atoms with Gasteiger partial charge in [-0.25, -0.2) is 4.98 Å². The predicted molar refractivity (Wildman–Crippen MR) is 135 cm³/mol. The van der Waals surface area contributed by atoms with Crippen molar-refractivity contribution in [1.29, 1.82) is 0 Å². The van der Waals surface area contributed by atoms with E-state index in [1.54, 1.807) is 12.0 Å².